The van der Waals surface area contributed by atoms with Gasteiger partial charge in [0.15, 0.2) is 0 Å². The molecule has 0 saturated heterocycles. The van der Waals surface area contributed by atoms with E-state index >= 15 is 0 Å². The van der Waals surface area contributed by atoms with Crippen molar-refractivity contribution in [2.24, 2.45) is 0 Å². The summed E-state index contributed by atoms with van der Waals surface area (Å²) < 4.78 is 11.2. The molecule has 1 saturated carbocycles. The standard InChI is InChI=1S/C16H25NO3/c1-3-19-14-5-4-6-15(11-14)20-10-9-16(2,12-18)17-13-7-8-13/h4-6,11,13,17-18H,3,7-10,12H2,1-2H3. The van der Waals surface area contributed by atoms with Crippen LogP contribution >= 0.6 is 0 Å². The molecule has 0 heterocycles. The number of hydrogen-bond acceptors (Lipinski definition) is 4. The fraction of sp³-hybridized carbons (Fsp3) is 0.625. The molecular formula is C16H25NO3. The van der Waals surface area contributed by atoms with Crippen LogP contribution in [0.15, 0.2) is 24.3 Å². The van der Waals surface area contributed by atoms with E-state index in [1.165, 1.54) is 12.8 Å². The molecule has 1 atom stereocenters. The Balaban J connectivity index is 1.80. The highest BCUT2D eigenvalue weighted by Crippen LogP contribution is 2.24. The van der Waals surface area contributed by atoms with Crippen LogP contribution in [0.2, 0.25) is 0 Å². The van der Waals surface area contributed by atoms with E-state index in [1.807, 2.05) is 38.1 Å². The predicted octanol–water partition coefficient (Wildman–Crippen LogP) is 2.36. The minimum absolute atomic E-state index is 0.131. The second-order valence-corrected chi connectivity index (χ2v) is 5.64. The second-order valence-electron chi connectivity index (χ2n) is 5.64. The Hall–Kier alpha value is -1.26. The largest absolute Gasteiger partial charge is 0.494 e. The van der Waals surface area contributed by atoms with Crippen LogP contribution in [0, 0.1) is 0 Å². The molecule has 2 rings (SSSR count). The van der Waals surface area contributed by atoms with E-state index in [1.54, 1.807) is 0 Å². The number of nitrogens with one attached hydrogen (secondary N) is 1. The first-order valence-electron chi connectivity index (χ1n) is 7.39. The highest BCUT2D eigenvalue weighted by molar-refractivity contribution is 5.32. The van der Waals surface area contributed by atoms with Gasteiger partial charge in [0, 0.05) is 24.1 Å². The van der Waals surface area contributed by atoms with Crippen molar-refractivity contribution in [2.75, 3.05) is 19.8 Å². The number of ether oxygens (including phenoxy) is 2. The molecule has 0 aromatic heterocycles. The third-order valence-corrected chi connectivity index (χ3v) is 3.52. The maximum atomic E-state index is 9.54. The molecule has 2 N–H and O–H groups in total. The average molecular weight is 279 g/mol. The van der Waals surface area contributed by atoms with Gasteiger partial charge in [0.1, 0.15) is 11.5 Å². The lowest BCUT2D eigenvalue weighted by atomic mass is 9.99. The summed E-state index contributed by atoms with van der Waals surface area (Å²) in [6.45, 7) is 5.37. The Morgan fingerprint density at radius 3 is 2.60 bits per heavy atom. The predicted molar refractivity (Wildman–Crippen MR) is 79.4 cm³/mol. The zero-order valence-electron chi connectivity index (χ0n) is 12.4. The van der Waals surface area contributed by atoms with Crippen molar-refractivity contribution in [3.05, 3.63) is 24.3 Å². The van der Waals surface area contributed by atoms with Crippen molar-refractivity contribution in [1.82, 2.24) is 5.32 Å². The molecule has 1 aliphatic rings. The molecule has 4 heteroatoms. The molecule has 20 heavy (non-hydrogen) atoms. The quantitative estimate of drug-likeness (QED) is 0.728. The number of hydrogen-bond donors (Lipinski definition) is 2. The minimum atomic E-state index is -0.251. The number of rotatable bonds is 9. The number of aliphatic hydroxyl groups excluding tert-OH is 1. The van der Waals surface area contributed by atoms with Gasteiger partial charge in [-0.2, -0.15) is 0 Å². The van der Waals surface area contributed by atoms with Crippen LogP contribution in [0.3, 0.4) is 0 Å². The van der Waals surface area contributed by atoms with Crippen molar-refractivity contribution in [2.45, 2.75) is 44.7 Å². The van der Waals surface area contributed by atoms with E-state index in [0.717, 1.165) is 17.9 Å². The van der Waals surface area contributed by atoms with E-state index in [-0.39, 0.29) is 12.1 Å². The first-order chi connectivity index (χ1) is 9.65. The van der Waals surface area contributed by atoms with E-state index in [0.29, 0.717) is 19.3 Å². The highest BCUT2D eigenvalue weighted by atomic mass is 16.5. The molecule has 1 unspecified atom stereocenters. The summed E-state index contributed by atoms with van der Waals surface area (Å²) in [5.74, 6) is 1.63. The van der Waals surface area contributed by atoms with Gasteiger partial charge in [-0.15, -0.1) is 0 Å². The van der Waals surface area contributed by atoms with Crippen LogP contribution in [0.4, 0.5) is 0 Å². The fourth-order valence-corrected chi connectivity index (χ4v) is 2.13. The molecule has 112 valence electrons. The normalized spacial score (nSPS) is 17.6. The van der Waals surface area contributed by atoms with E-state index < -0.39 is 0 Å². The number of aliphatic hydroxyl groups is 1. The molecule has 1 fully saturated rings. The molecule has 0 aliphatic heterocycles. The van der Waals surface area contributed by atoms with Crippen LogP contribution in [0.5, 0.6) is 11.5 Å². The molecule has 1 aromatic carbocycles. The molecular weight excluding hydrogens is 254 g/mol. The van der Waals surface area contributed by atoms with Gasteiger partial charge in [0.25, 0.3) is 0 Å². The summed E-state index contributed by atoms with van der Waals surface area (Å²) in [6.07, 6.45) is 3.21. The topological polar surface area (TPSA) is 50.7 Å². The summed E-state index contributed by atoms with van der Waals surface area (Å²) >= 11 is 0. The third kappa shape index (κ3) is 4.69. The zero-order valence-corrected chi connectivity index (χ0v) is 12.4. The van der Waals surface area contributed by atoms with Crippen LogP contribution in [0.25, 0.3) is 0 Å². The lowest BCUT2D eigenvalue weighted by Crippen LogP contribution is -2.48. The van der Waals surface area contributed by atoms with Crippen LogP contribution in [-0.4, -0.2) is 36.5 Å². The van der Waals surface area contributed by atoms with Gasteiger partial charge in [-0.3, -0.25) is 0 Å². The van der Waals surface area contributed by atoms with Gasteiger partial charge in [0.2, 0.25) is 0 Å². The second kappa shape index (κ2) is 6.95. The monoisotopic (exact) mass is 279 g/mol. The summed E-state index contributed by atoms with van der Waals surface area (Å²) in [6, 6.07) is 8.24. The summed E-state index contributed by atoms with van der Waals surface area (Å²) in [5.41, 5.74) is -0.251. The molecule has 1 aliphatic carbocycles. The highest BCUT2D eigenvalue weighted by Gasteiger charge is 2.31. The maximum Gasteiger partial charge on any atom is 0.122 e. The Morgan fingerprint density at radius 1 is 1.30 bits per heavy atom. The summed E-state index contributed by atoms with van der Waals surface area (Å²) in [7, 11) is 0. The van der Waals surface area contributed by atoms with Crippen molar-refractivity contribution >= 4 is 0 Å². The smallest absolute Gasteiger partial charge is 0.122 e. The lowest BCUT2D eigenvalue weighted by Gasteiger charge is -2.29. The first-order valence-corrected chi connectivity index (χ1v) is 7.39. The van der Waals surface area contributed by atoms with Gasteiger partial charge >= 0.3 is 0 Å². The lowest BCUT2D eigenvalue weighted by molar-refractivity contribution is 0.142. The summed E-state index contributed by atoms with van der Waals surface area (Å²) in [4.78, 5) is 0. The van der Waals surface area contributed by atoms with Gasteiger partial charge in [-0.1, -0.05) is 6.07 Å². The van der Waals surface area contributed by atoms with Crippen molar-refractivity contribution < 1.29 is 14.6 Å². The van der Waals surface area contributed by atoms with E-state index in [9.17, 15) is 5.11 Å². The van der Waals surface area contributed by atoms with Crippen molar-refractivity contribution in [3.8, 4) is 11.5 Å². The molecule has 0 spiro atoms. The van der Waals surface area contributed by atoms with Crippen LogP contribution < -0.4 is 14.8 Å². The minimum Gasteiger partial charge on any atom is -0.494 e. The SMILES string of the molecule is CCOc1cccc(OCCC(C)(CO)NC2CC2)c1. The molecule has 1 aromatic rings. The van der Waals surface area contributed by atoms with E-state index in [4.69, 9.17) is 9.47 Å². The number of benzene rings is 1. The van der Waals surface area contributed by atoms with Crippen LogP contribution in [-0.2, 0) is 0 Å². The first kappa shape index (κ1) is 15.1. The molecule has 4 nitrogen and oxygen atoms in total. The van der Waals surface area contributed by atoms with Gasteiger partial charge < -0.3 is 19.9 Å². The molecule has 0 bridgehead atoms. The van der Waals surface area contributed by atoms with Gasteiger partial charge in [-0.25, -0.2) is 0 Å². The third-order valence-electron chi connectivity index (χ3n) is 3.52. The summed E-state index contributed by atoms with van der Waals surface area (Å²) in [5, 5.41) is 13.0. The molecule has 0 radical (unpaired) electrons. The van der Waals surface area contributed by atoms with E-state index in [2.05, 4.69) is 5.32 Å². The van der Waals surface area contributed by atoms with Crippen molar-refractivity contribution in [3.63, 3.8) is 0 Å². The Morgan fingerprint density at radius 2 is 2.00 bits per heavy atom. The average Bonchev–Trinajstić information content (AvgIpc) is 3.23. The molecule has 0 amide bonds. The zero-order chi connectivity index (χ0) is 14.4. The Kier molecular flexibility index (Phi) is 5.26. The van der Waals surface area contributed by atoms with Crippen LogP contribution in [0.1, 0.15) is 33.1 Å². The fourth-order valence-electron chi connectivity index (χ4n) is 2.13. The van der Waals surface area contributed by atoms with Gasteiger partial charge in [-0.05, 0) is 38.8 Å². The van der Waals surface area contributed by atoms with Crippen molar-refractivity contribution in [1.29, 1.82) is 0 Å². The Bertz CT molecular complexity index is 420. The van der Waals surface area contributed by atoms with Gasteiger partial charge in [0.05, 0.1) is 19.8 Å². The maximum absolute atomic E-state index is 9.54. The Labute approximate surface area is 121 Å².